The number of carbonyl (C=O) groups is 3. The lowest BCUT2D eigenvalue weighted by Gasteiger charge is -2.26. The molecular formula is C82H139NO8. The number of nitrogens with zero attached hydrogens (tertiary/aromatic N) is 1. The molecule has 0 rings (SSSR count). The van der Waals surface area contributed by atoms with Crippen LogP contribution in [0.1, 0.15) is 309 Å². The normalized spacial score (nSPS) is 13.5. The fraction of sp³-hybridized carbons (Fsp3) is 0.695. The number of quaternary nitrogens is 1. The van der Waals surface area contributed by atoms with E-state index in [1.807, 2.05) is 21.1 Å². The molecule has 0 aromatic heterocycles. The van der Waals surface area contributed by atoms with Crippen LogP contribution >= 0.6 is 0 Å². The fourth-order valence-electron chi connectivity index (χ4n) is 10.3. The molecule has 0 saturated heterocycles. The van der Waals surface area contributed by atoms with E-state index in [4.69, 9.17) is 18.9 Å². The second-order valence-electron chi connectivity index (χ2n) is 25.8. The highest BCUT2D eigenvalue weighted by molar-refractivity contribution is 5.70. The third-order valence-electron chi connectivity index (χ3n) is 15.9. The van der Waals surface area contributed by atoms with Crippen molar-refractivity contribution in [3.63, 3.8) is 0 Å². The molecule has 0 aromatic rings. The van der Waals surface area contributed by atoms with E-state index in [1.54, 1.807) is 0 Å². The number of likely N-dealkylation sites (N-methyl/N-ethyl adjacent to an activating group) is 1. The summed E-state index contributed by atoms with van der Waals surface area (Å²) in [4.78, 5) is 37.6. The molecule has 0 bridgehead atoms. The first-order valence-corrected chi connectivity index (χ1v) is 37.3. The Morgan fingerprint density at radius 1 is 0.330 bits per heavy atom. The lowest BCUT2D eigenvalue weighted by Crippen LogP contribution is -2.44. The van der Waals surface area contributed by atoms with Crippen LogP contribution in [0.4, 0.5) is 0 Å². The molecule has 0 aliphatic rings. The van der Waals surface area contributed by atoms with Crippen molar-refractivity contribution in [2.75, 3.05) is 47.5 Å². The topological polar surface area (TPSA) is 111 Å². The van der Waals surface area contributed by atoms with Crippen LogP contribution in [-0.2, 0) is 33.3 Å². The van der Waals surface area contributed by atoms with Gasteiger partial charge in [-0.05, 0) is 109 Å². The Bertz CT molecular complexity index is 1960. The Hall–Kier alpha value is -4.57. The van der Waals surface area contributed by atoms with Crippen LogP contribution in [0.3, 0.4) is 0 Å². The maximum atomic E-state index is 13.0. The number of ether oxygens (including phenoxy) is 4. The van der Waals surface area contributed by atoms with Crippen LogP contribution in [0, 0.1) is 0 Å². The van der Waals surface area contributed by atoms with Crippen LogP contribution in [0.2, 0.25) is 0 Å². The van der Waals surface area contributed by atoms with Gasteiger partial charge < -0.3 is 33.3 Å². The van der Waals surface area contributed by atoms with Crippen LogP contribution in [0.25, 0.3) is 0 Å². The zero-order valence-electron chi connectivity index (χ0n) is 59.4. The molecule has 520 valence electrons. The van der Waals surface area contributed by atoms with E-state index in [9.17, 15) is 19.5 Å². The van der Waals surface area contributed by atoms with Gasteiger partial charge in [0.2, 0.25) is 0 Å². The standard InChI is InChI=1S/C82H139NO8/c1-6-8-10-12-14-16-18-20-22-24-26-28-30-32-34-36-38-39-40-41-43-45-47-49-51-53-55-57-59-61-63-65-67-69-71-73-80(85)91-78(77-90-82(81(86)87)88-75-74-83(3,4)5)76-89-79(84)72-70-68-66-64-62-60-58-56-54-52-50-48-46-44-42-37-35-33-31-29-27-25-23-21-19-17-15-13-11-9-7-2/h8-11,14-17,20-23,26-29,32-35,38-39,78,82H,6-7,12-13,18-19,24-25,30-31,36-37,40-77H2,1-5H3/b10-8-,11-9-,16-14-,17-15-,22-20-,23-21-,28-26-,29-27-,34-32-,35-33-,39-38-. The number of hydrogen-bond donors (Lipinski definition) is 0. The molecule has 0 aliphatic heterocycles. The van der Waals surface area contributed by atoms with Crippen LogP contribution in [0.15, 0.2) is 134 Å². The van der Waals surface area contributed by atoms with Crippen LogP contribution < -0.4 is 5.11 Å². The molecule has 0 spiro atoms. The first-order chi connectivity index (χ1) is 44.6. The van der Waals surface area contributed by atoms with Crippen molar-refractivity contribution in [2.45, 2.75) is 322 Å². The van der Waals surface area contributed by atoms with Gasteiger partial charge in [0, 0.05) is 12.8 Å². The van der Waals surface area contributed by atoms with Crippen LogP contribution in [-0.4, -0.2) is 82.3 Å². The Balaban J connectivity index is 4.08. The third-order valence-corrected chi connectivity index (χ3v) is 15.9. The maximum Gasteiger partial charge on any atom is 0.306 e. The average Bonchev–Trinajstić information content (AvgIpc) is 3.46. The van der Waals surface area contributed by atoms with Gasteiger partial charge in [0.1, 0.15) is 13.2 Å². The van der Waals surface area contributed by atoms with Crippen molar-refractivity contribution in [3.05, 3.63) is 134 Å². The Labute approximate surface area is 560 Å². The second kappa shape index (κ2) is 71.3. The number of carboxylic acids is 1. The minimum atomic E-state index is -1.63. The van der Waals surface area contributed by atoms with Gasteiger partial charge in [-0.25, -0.2) is 0 Å². The highest BCUT2D eigenvalue weighted by Gasteiger charge is 2.22. The summed E-state index contributed by atoms with van der Waals surface area (Å²) in [6, 6.07) is 0. The van der Waals surface area contributed by atoms with Gasteiger partial charge in [0.05, 0.1) is 40.3 Å². The number of hydrogen-bond acceptors (Lipinski definition) is 8. The van der Waals surface area contributed by atoms with Crippen molar-refractivity contribution < 1.29 is 42.9 Å². The molecule has 9 nitrogen and oxygen atoms in total. The lowest BCUT2D eigenvalue weighted by molar-refractivity contribution is -0.870. The molecule has 0 fully saturated rings. The number of allylic oxidation sites excluding steroid dienone is 22. The van der Waals surface area contributed by atoms with Crippen molar-refractivity contribution in [1.82, 2.24) is 0 Å². The SMILES string of the molecule is CC/C=C\C/C=C\C/C=C\C/C=C\C/C=C\C/C=C\CCCCCCCCCCCCCCCCCCC(=O)OC(COC(=O)CCCCCCCCCCCCCCCCC/C=C\C/C=C\C/C=C\C/C=C\C/C=C\CC)COC(OCC[N+](C)(C)C)C(=O)[O-]. The molecule has 2 atom stereocenters. The van der Waals surface area contributed by atoms with Gasteiger partial charge in [0.15, 0.2) is 12.4 Å². The molecule has 0 amide bonds. The Morgan fingerprint density at radius 2 is 0.593 bits per heavy atom. The number of aliphatic carboxylic acids is 1. The zero-order valence-corrected chi connectivity index (χ0v) is 59.4. The van der Waals surface area contributed by atoms with Crippen molar-refractivity contribution >= 4 is 17.9 Å². The molecule has 91 heavy (non-hydrogen) atoms. The molecular weight excluding hydrogens is 1130 g/mol. The average molecular weight is 1270 g/mol. The number of carbonyl (C=O) groups excluding carboxylic acids is 3. The van der Waals surface area contributed by atoms with Gasteiger partial charge in [-0.1, -0.05) is 321 Å². The second-order valence-corrected chi connectivity index (χ2v) is 25.8. The van der Waals surface area contributed by atoms with E-state index in [2.05, 4.69) is 148 Å². The predicted octanol–water partition coefficient (Wildman–Crippen LogP) is 22.4. The van der Waals surface area contributed by atoms with Gasteiger partial charge >= 0.3 is 11.9 Å². The van der Waals surface area contributed by atoms with Gasteiger partial charge in [0.25, 0.3) is 0 Å². The summed E-state index contributed by atoms with van der Waals surface area (Å²) in [7, 11) is 5.93. The predicted molar refractivity (Wildman–Crippen MR) is 389 cm³/mol. The summed E-state index contributed by atoms with van der Waals surface area (Å²) in [5, 5.41) is 11.8. The number of carboxylic acid groups (broad SMARTS) is 1. The Morgan fingerprint density at radius 3 is 0.879 bits per heavy atom. The summed E-state index contributed by atoms with van der Waals surface area (Å²) in [5.74, 6) is -2.28. The number of unbranched alkanes of at least 4 members (excludes halogenated alkanes) is 31. The minimum absolute atomic E-state index is 0.144. The summed E-state index contributed by atoms with van der Waals surface area (Å²) in [5.41, 5.74) is 0. The number of esters is 2. The van der Waals surface area contributed by atoms with E-state index >= 15 is 0 Å². The van der Waals surface area contributed by atoms with E-state index in [0.29, 0.717) is 17.4 Å². The molecule has 0 N–H and O–H groups in total. The summed E-state index contributed by atoms with van der Waals surface area (Å²) >= 11 is 0. The quantitative estimate of drug-likeness (QED) is 0.0195. The molecule has 2 unspecified atom stereocenters. The molecule has 0 heterocycles. The minimum Gasteiger partial charge on any atom is -0.545 e. The van der Waals surface area contributed by atoms with Gasteiger partial charge in [-0.3, -0.25) is 9.59 Å². The number of rotatable bonds is 68. The zero-order chi connectivity index (χ0) is 66.1. The van der Waals surface area contributed by atoms with Gasteiger partial charge in [-0.2, -0.15) is 0 Å². The molecule has 0 aliphatic carbocycles. The molecule has 0 aromatic carbocycles. The Kier molecular flexibility index (Phi) is 67.7. The first-order valence-electron chi connectivity index (χ1n) is 37.3. The molecule has 9 heteroatoms. The van der Waals surface area contributed by atoms with Crippen LogP contribution in [0.5, 0.6) is 0 Å². The van der Waals surface area contributed by atoms with E-state index < -0.39 is 24.3 Å². The van der Waals surface area contributed by atoms with Crippen molar-refractivity contribution in [1.29, 1.82) is 0 Å². The molecule has 0 radical (unpaired) electrons. The summed E-state index contributed by atoms with van der Waals surface area (Å²) in [6.07, 6.45) is 99.7. The highest BCUT2D eigenvalue weighted by Crippen LogP contribution is 2.18. The van der Waals surface area contributed by atoms with Gasteiger partial charge in [-0.15, -0.1) is 0 Å². The van der Waals surface area contributed by atoms with E-state index in [-0.39, 0.29) is 38.6 Å². The molecule has 0 saturated carbocycles. The highest BCUT2D eigenvalue weighted by atomic mass is 16.7. The lowest BCUT2D eigenvalue weighted by atomic mass is 10.0. The first kappa shape index (κ1) is 86.4. The summed E-state index contributed by atoms with van der Waals surface area (Å²) < 4.78 is 22.8. The van der Waals surface area contributed by atoms with E-state index in [0.717, 1.165) is 109 Å². The van der Waals surface area contributed by atoms with Crippen molar-refractivity contribution in [3.8, 4) is 0 Å². The fourth-order valence-corrected chi connectivity index (χ4v) is 10.3. The smallest absolute Gasteiger partial charge is 0.306 e. The maximum absolute atomic E-state index is 13.0. The van der Waals surface area contributed by atoms with Crippen molar-refractivity contribution in [2.24, 2.45) is 0 Å². The monoisotopic (exact) mass is 1270 g/mol. The largest absolute Gasteiger partial charge is 0.545 e. The van der Waals surface area contributed by atoms with E-state index in [1.165, 1.54) is 167 Å². The summed E-state index contributed by atoms with van der Waals surface area (Å²) in [6.45, 7) is 4.54. The third kappa shape index (κ3) is 72.7.